The molecule has 0 unspecified atom stereocenters. The van der Waals surface area contributed by atoms with E-state index in [9.17, 15) is 9.59 Å². The summed E-state index contributed by atoms with van der Waals surface area (Å²) in [6, 6.07) is 15.2. The van der Waals surface area contributed by atoms with E-state index in [4.69, 9.17) is 21.1 Å². The molecule has 0 saturated carbocycles. The van der Waals surface area contributed by atoms with Crippen molar-refractivity contribution in [2.75, 3.05) is 57.2 Å². The Bertz CT molecular complexity index is 1140. The van der Waals surface area contributed by atoms with Crippen LogP contribution in [0.1, 0.15) is 10.4 Å². The van der Waals surface area contributed by atoms with Crippen LogP contribution in [0.15, 0.2) is 53.9 Å². The fraction of sp³-hybridized carbons (Fsp3) is 0.280. The molecule has 1 N–H and O–H groups in total. The van der Waals surface area contributed by atoms with E-state index in [0.29, 0.717) is 21.2 Å². The van der Waals surface area contributed by atoms with Gasteiger partial charge in [0, 0.05) is 47.8 Å². The lowest BCUT2D eigenvalue weighted by Gasteiger charge is -2.35. The fourth-order valence-electron chi connectivity index (χ4n) is 3.92. The summed E-state index contributed by atoms with van der Waals surface area (Å²) < 4.78 is 10.2. The maximum Gasteiger partial charge on any atom is 0.341 e. The van der Waals surface area contributed by atoms with Crippen LogP contribution in [0.25, 0.3) is 11.1 Å². The molecule has 0 radical (unpaired) electrons. The number of piperazine rings is 1. The smallest absolute Gasteiger partial charge is 0.341 e. The van der Waals surface area contributed by atoms with E-state index in [1.807, 2.05) is 53.9 Å². The number of thiophene rings is 1. The molecule has 0 bridgehead atoms. The summed E-state index contributed by atoms with van der Waals surface area (Å²) >= 11 is 7.29. The number of benzene rings is 2. The Morgan fingerprint density at radius 1 is 1.00 bits per heavy atom. The van der Waals surface area contributed by atoms with Gasteiger partial charge in [0.15, 0.2) is 0 Å². The van der Waals surface area contributed by atoms with Gasteiger partial charge in [0.25, 0.3) is 0 Å². The minimum absolute atomic E-state index is 0.159. The third kappa shape index (κ3) is 5.52. The van der Waals surface area contributed by atoms with Gasteiger partial charge in [0.2, 0.25) is 5.91 Å². The Morgan fingerprint density at radius 2 is 1.68 bits per heavy atom. The van der Waals surface area contributed by atoms with Gasteiger partial charge in [-0.25, -0.2) is 4.79 Å². The van der Waals surface area contributed by atoms with Gasteiger partial charge in [0.05, 0.1) is 20.8 Å². The van der Waals surface area contributed by atoms with Gasteiger partial charge in [-0.3, -0.25) is 9.69 Å². The molecule has 1 aliphatic rings. The summed E-state index contributed by atoms with van der Waals surface area (Å²) in [5, 5.41) is 5.98. The molecule has 1 aliphatic heterocycles. The van der Waals surface area contributed by atoms with E-state index in [0.717, 1.165) is 43.2 Å². The van der Waals surface area contributed by atoms with Gasteiger partial charge in [0.1, 0.15) is 16.3 Å². The SMILES string of the molecule is COC(=O)c1c(-c2ccc(OC)cc2)csc1NC(=O)CN1CCN(c2ccc(Cl)cc2)CC1. The number of methoxy groups -OCH3 is 2. The molecule has 1 saturated heterocycles. The molecule has 7 nitrogen and oxygen atoms in total. The van der Waals surface area contributed by atoms with Gasteiger partial charge in [-0.15, -0.1) is 11.3 Å². The first kappa shape index (κ1) is 24.1. The van der Waals surface area contributed by atoms with Crippen LogP contribution in [0.5, 0.6) is 5.75 Å². The van der Waals surface area contributed by atoms with Crippen LogP contribution in [0, 0.1) is 0 Å². The predicted molar refractivity (Wildman–Crippen MR) is 136 cm³/mol. The van der Waals surface area contributed by atoms with Crippen molar-refractivity contribution in [2.24, 2.45) is 0 Å². The molecule has 0 spiro atoms. The van der Waals surface area contributed by atoms with E-state index in [2.05, 4.69) is 15.1 Å². The second-order valence-corrected chi connectivity index (χ2v) is 9.18. The number of nitrogens with one attached hydrogen (secondary N) is 1. The molecule has 1 amide bonds. The average molecular weight is 500 g/mol. The lowest BCUT2D eigenvalue weighted by atomic mass is 10.0. The Morgan fingerprint density at radius 3 is 2.29 bits per heavy atom. The molecule has 4 rings (SSSR count). The quantitative estimate of drug-likeness (QED) is 0.478. The number of halogens is 1. The van der Waals surface area contributed by atoms with E-state index in [1.54, 1.807) is 7.11 Å². The molecular formula is C25H26ClN3O4S. The topological polar surface area (TPSA) is 71.1 Å². The lowest BCUT2D eigenvalue weighted by Crippen LogP contribution is -2.48. The molecule has 2 aromatic carbocycles. The monoisotopic (exact) mass is 499 g/mol. The van der Waals surface area contributed by atoms with Crippen molar-refractivity contribution >= 4 is 45.5 Å². The standard InChI is InChI=1S/C25H26ClN3O4S/c1-32-20-9-3-17(4-10-20)21-16-34-24(23(21)25(31)33-2)27-22(30)15-28-11-13-29(14-12-28)19-7-5-18(26)6-8-19/h3-10,16H,11-15H2,1-2H3,(H,27,30). The Balaban J connectivity index is 1.40. The highest BCUT2D eigenvalue weighted by molar-refractivity contribution is 7.15. The number of hydrogen-bond acceptors (Lipinski definition) is 7. The van der Waals surface area contributed by atoms with Gasteiger partial charge in [-0.05, 0) is 42.0 Å². The highest BCUT2D eigenvalue weighted by Gasteiger charge is 2.24. The molecule has 1 fully saturated rings. The van der Waals surface area contributed by atoms with Crippen LogP contribution in [0.3, 0.4) is 0 Å². The number of esters is 1. The highest BCUT2D eigenvalue weighted by atomic mass is 35.5. The first-order chi connectivity index (χ1) is 16.5. The summed E-state index contributed by atoms with van der Waals surface area (Å²) in [4.78, 5) is 29.8. The summed E-state index contributed by atoms with van der Waals surface area (Å²) in [5.74, 6) is 0.0791. The summed E-state index contributed by atoms with van der Waals surface area (Å²) in [5.41, 5.74) is 3.04. The van der Waals surface area contributed by atoms with Crippen molar-refractivity contribution in [3.05, 3.63) is 64.5 Å². The van der Waals surface area contributed by atoms with Gasteiger partial charge in [-0.1, -0.05) is 23.7 Å². The molecule has 0 atom stereocenters. The number of amides is 1. The molecule has 34 heavy (non-hydrogen) atoms. The number of carbonyl (C=O) groups is 2. The zero-order valence-electron chi connectivity index (χ0n) is 19.0. The van der Waals surface area contributed by atoms with Crippen LogP contribution in [0.2, 0.25) is 5.02 Å². The maximum absolute atomic E-state index is 12.8. The van der Waals surface area contributed by atoms with Crippen LogP contribution >= 0.6 is 22.9 Å². The number of ether oxygens (including phenoxy) is 2. The van der Waals surface area contributed by atoms with Crippen molar-refractivity contribution in [1.29, 1.82) is 0 Å². The number of anilines is 2. The summed E-state index contributed by atoms with van der Waals surface area (Å²) in [7, 11) is 2.94. The number of rotatable bonds is 7. The minimum Gasteiger partial charge on any atom is -0.497 e. The summed E-state index contributed by atoms with van der Waals surface area (Å²) in [6.07, 6.45) is 0. The third-order valence-corrected chi connectivity index (χ3v) is 6.91. The molecule has 3 aromatic rings. The van der Waals surface area contributed by atoms with E-state index in [1.165, 1.54) is 18.4 Å². The Kier molecular flexibility index (Phi) is 7.72. The Labute approximate surface area is 207 Å². The highest BCUT2D eigenvalue weighted by Crippen LogP contribution is 2.36. The second-order valence-electron chi connectivity index (χ2n) is 7.86. The van der Waals surface area contributed by atoms with E-state index in [-0.39, 0.29) is 12.5 Å². The second kappa shape index (κ2) is 10.9. The van der Waals surface area contributed by atoms with Crippen molar-refractivity contribution < 1.29 is 19.1 Å². The van der Waals surface area contributed by atoms with Crippen LogP contribution in [0.4, 0.5) is 10.7 Å². The molecule has 1 aromatic heterocycles. The van der Waals surface area contributed by atoms with Crippen molar-refractivity contribution in [3.8, 4) is 16.9 Å². The van der Waals surface area contributed by atoms with E-state index < -0.39 is 5.97 Å². The third-order valence-electron chi connectivity index (χ3n) is 5.77. The van der Waals surface area contributed by atoms with E-state index >= 15 is 0 Å². The summed E-state index contributed by atoms with van der Waals surface area (Å²) in [6.45, 7) is 3.43. The molecule has 0 aliphatic carbocycles. The molecule has 178 valence electrons. The number of carbonyl (C=O) groups excluding carboxylic acids is 2. The van der Waals surface area contributed by atoms with Crippen molar-refractivity contribution in [2.45, 2.75) is 0 Å². The first-order valence-electron chi connectivity index (χ1n) is 10.9. The zero-order chi connectivity index (χ0) is 24.1. The lowest BCUT2D eigenvalue weighted by molar-refractivity contribution is -0.117. The van der Waals surface area contributed by atoms with Crippen molar-refractivity contribution in [1.82, 2.24) is 4.90 Å². The van der Waals surface area contributed by atoms with Gasteiger partial charge in [-0.2, -0.15) is 0 Å². The first-order valence-corrected chi connectivity index (χ1v) is 12.1. The Hall–Kier alpha value is -3.07. The molecular weight excluding hydrogens is 474 g/mol. The average Bonchev–Trinajstić information content (AvgIpc) is 3.28. The zero-order valence-corrected chi connectivity index (χ0v) is 20.6. The normalized spacial score (nSPS) is 14.0. The van der Waals surface area contributed by atoms with Crippen LogP contribution in [-0.2, 0) is 9.53 Å². The minimum atomic E-state index is -0.487. The fourth-order valence-corrected chi connectivity index (χ4v) is 5.02. The maximum atomic E-state index is 12.8. The van der Waals surface area contributed by atoms with Gasteiger partial charge < -0.3 is 19.7 Å². The number of nitrogens with zero attached hydrogens (tertiary/aromatic N) is 2. The predicted octanol–water partition coefficient (Wildman–Crippen LogP) is 4.62. The molecule has 2 heterocycles. The van der Waals surface area contributed by atoms with Crippen molar-refractivity contribution in [3.63, 3.8) is 0 Å². The van der Waals surface area contributed by atoms with Crippen LogP contribution in [-0.4, -0.2) is 63.7 Å². The number of hydrogen-bond donors (Lipinski definition) is 1. The largest absolute Gasteiger partial charge is 0.497 e. The van der Waals surface area contributed by atoms with Crippen LogP contribution < -0.4 is 15.0 Å². The van der Waals surface area contributed by atoms with Gasteiger partial charge >= 0.3 is 5.97 Å². The molecule has 9 heteroatoms.